The predicted molar refractivity (Wildman–Crippen MR) is 202 cm³/mol. The summed E-state index contributed by atoms with van der Waals surface area (Å²) in [6.07, 6.45) is 3.70. The van der Waals surface area contributed by atoms with Crippen LogP contribution in [0.5, 0.6) is 0 Å². The maximum atomic E-state index is 5.53. The number of fused-ring (bicyclic) bond motifs is 10. The topological polar surface area (TPSA) is 58.4 Å². The summed E-state index contributed by atoms with van der Waals surface area (Å²) in [6, 6.07) is 52.8. The molecule has 0 fully saturated rings. The lowest BCUT2D eigenvalue weighted by molar-refractivity contribution is 0.957. The first-order valence-corrected chi connectivity index (χ1v) is 16.7. The molecule has 11 rings (SSSR count). The number of rotatable bonds is 4. The van der Waals surface area contributed by atoms with Crippen molar-refractivity contribution in [3.05, 3.63) is 164 Å². The maximum absolute atomic E-state index is 5.53. The summed E-state index contributed by atoms with van der Waals surface area (Å²) in [5, 5.41) is 7.06. The maximum Gasteiger partial charge on any atom is 0.141 e. The van der Waals surface area contributed by atoms with E-state index in [4.69, 9.17) is 15.0 Å². The third-order valence-electron chi connectivity index (χ3n) is 9.89. The molecule has 7 heterocycles. The highest BCUT2D eigenvalue weighted by atomic mass is 15.2. The minimum Gasteiger partial charge on any atom is -0.279 e. The van der Waals surface area contributed by atoms with E-state index >= 15 is 0 Å². The zero-order valence-electron chi connectivity index (χ0n) is 26.7. The average molecular weight is 642 g/mol. The van der Waals surface area contributed by atoms with Crippen LogP contribution in [-0.2, 0) is 0 Å². The SMILES string of the molecule is c1ccc(-n2c3ccccc3c3c4ccccc4n(-c4cccc(-n5c6ccccc6c6c7ccccc7n(-c7ccccn7)c65)n4)c32)nc1. The number of para-hydroxylation sites is 4. The normalized spacial score (nSPS) is 12.0. The van der Waals surface area contributed by atoms with Gasteiger partial charge in [-0.15, -0.1) is 0 Å². The first-order valence-electron chi connectivity index (χ1n) is 16.7. The van der Waals surface area contributed by atoms with Crippen LogP contribution in [0.25, 0.3) is 88.9 Å². The van der Waals surface area contributed by atoms with Crippen LogP contribution >= 0.6 is 0 Å². The largest absolute Gasteiger partial charge is 0.279 e. The standard InChI is InChI=1S/C43H27N7/c1-5-18-32-28(14-1)40-30-16-3-7-20-34(30)49(42(40)47(32)36-22-9-11-26-44-36)38-24-13-25-39(46-38)50-35-21-8-4-17-31(35)41-29-15-2-6-19-33(29)48(43(41)50)37-23-10-12-27-45-37/h1-27H. The Kier molecular flexibility index (Phi) is 5.54. The van der Waals surface area contributed by atoms with Gasteiger partial charge in [0.1, 0.15) is 34.6 Å². The molecule has 0 aliphatic carbocycles. The quantitative estimate of drug-likeness (QED) is 0.192. The Morgan fingerprint density at radius 1 is 0.300 bits per heavy atom. The second-order valence-corrected chi connectivity index (χ2v) is 12.5. The molecule has 0 bridgehead atoms. The smallest absolute Gasteiger partial charge is 0.141 e. The minimum atomic E-state index is 0.820. The second kappa shape index (κ2) is 10.3. The monoisotopic (exact) mass is 641 g/mol. The predicted octanol–water partition coefficient (Wildman–Crippen LogP) is 9.95. The summed E-state index contributed by atoms with van der Waals surface area (Å²) in [5.41, 5.74) is 6.43. The van der Waals surface area contributed by atoms with Crippen molar-refractivity contribution in [1.29, 1.82) is 0 Å². The van der Waals surface area contributed by atoms with Gasteiger partial charge in [0, 0.05) is 44.7 Å². The van der Waals surface area contributed by atoms with Crippen LogP contribution in [0, 0.1) is 0 Å². The Morgan fingerprint density at radius 2 is 0.620 bits per heavy atom. The van der Waals surface area contributed by atoms with E-state index in [0.717, 1.165) is 56.6 Å². The van der Waals surface area contributed by atoms with Crippen molar-refractivity contribution < 1.29 is 0 Å². The van der Waals surface area contributed by atoms with Gasteiger partial charge in [-0.25, -0.2) is 15.0 Å². The van der Waals surface area contributed by atoms with E-state index in [1.54, 1.807) is 0 Å². The van der Waals surface area contributed by atoms with Crippen molar-refractivity contribution >= 4 is 65.7 Å². The first kappa shape index (κ1) is 27.0. The molecule has 11 aromatic rings. The van der Waals surface area contributed by atoms with E-state index in [1.807, 2.05) is 36.7 Å². The van der Waals surface area contributed by atoms with E-state index in [1.165, 1.54) is 32.3 Å². The Labute approximate surface area is 285 Å². The molecule has 50 heavy (non-hydrogen) atoms. The number of pyridine rings is 3. The molecule has 234 valence electrons. The highest BCUT2D eigenvalue weighted by Gasteiger charge is 2.25. The molecule has 0 N–H and O–H groups in total. The van der Waals surface area contributed by atoms with Gasteiger partial charge in [0.15, 0.2) is 0 Å². The summed E-state index contributed by atoms with van der Waals surface area (Å²) >= 11 is 0. The van der Waals surface area contributed by atoms with Gasteiger partial charge >= 0.3 is 0 Å². The van der Waals surface area contributed by atoms with Gasteiger partial charge < -0.3 is 0 Å². The van der Waals surface area contributed by atoms with Crippen molar-refractivity contribution in [3.63, 3.8) is 0 Å². The molecular formula is C43H27N7. The number of hydrogen-bond acceptors (Lipinski definition) is 3. The van der Waals surface area contributed by atoms with Crippen LogP contribution in [-0.4, -0.2) is 33.2 Å². The fourth-order valence-corrected chi connectivity index (χ4v) is 7.96. The summed E-state index contributed by atoms with van der Waals surface area (Å²) in [6.45, 7) is 0. The molecule has 0 atom stereocenters. The van der Waals surface area contributed by atoms with E-state index in [9.17, 15) is 0 Å². The summed E-state index contributed by atoms with van der Waals surface area (Å²) in [4.78, 5) is 15.2. The molecular weight excluding hydrogens is 615 g/mol. The summed E-state index contributed by atoms with van der Waals surface area (Å²) < 4.78 is 9.11. The van der Waals surface area contributed by atoms with Crippen LogP contribution in [0.3, 0.4) is 0 Å². The van der Waals surface area contributed by atoms with Gasteiger partial charge in [-0.05, 0) is 60.7 Å². The van der Waals surface area contributed by atoms with E-state index < -0.39 is 0 Å². The molecule has 7 heteroatoms. The van der Waals surface area contributed by atoms with Crippen LogP contribution < -0.4 is 0 Å². The van der Waals surface area contributed by atoms with E-state index in [2.05, 4.69) is 146 Å². The highest BCUT2D eigenvalue weighted by molar-refractivity contribution is 6.23. The van der Waals surface area contributed by atoms with Crippen LogP contribution in [0.2, 0.25) is 0 Å². The van der Waals surface area contributed by atoms with E-state index in [0.29, 0.717) is 0 Å². The van der Waals surface area contributed by atoms with Crippen LogP contribution in [0.1, 0.15) is 0 Å². The summed E-state index contributed by atoms with van der Waals surface area (Å²) in [7, 11) is 0. The lowest BCUT2D eigenvalue weighted by Gasteiger charge is -2.14. The van der Waals surface area contributed by atoms with Crippen LogP contribution in [0.4, 0.5) is 0 Å². The lowest BCUT2D eigenvalue weighted by atomic mass is 10.1. The molecule has 4 aromatic carbocycles. The third kappa shape index (κ3) is 3.60. The molecule has 7 nitrogen and oxygen atoms in total. The van der Waals surface area contributed by atoms with Crippen molar-refractivity contribution in [1.82, 2.24) is 33.2 Å². The van der Waals surface area contributed by atoms with Gasteiger partial charge in [-0.3, -0.25) is 18.3 Å². The summed E-state index contributed by atoms with van der Waals surface area (Å²) in [5.74, 6) is 3.36. The Hall–Kier alpha value is -6.99. The molecule has 0 unspecified atom stereocenters. The number of hydrogen-bond donors (Lipinski definition) is 0. The van der Waals surface area contributed by atoms with Crippen LogP contribution in [0.15, 0.2) is 164 Å². The Morgan fingerprint density at radius 3 is 0.980 bits per heavy atom. The number of benzene rings is 4. The highest BCUT2D eigenvalue weighted by Crippen LogP contribution is 2.42. The van der Waals surface area contributed by atoms with Gasteiger partial charge in [0.05, 0.1) is 22.1 Å². The molecule has 0 aliphatic rings. The number of aromatic nitrogens is 7. The van der Waals surface area contributed by atoms with Gasteiger partial charge in [-0.2, -0.15) is 0 Å². The zero-order valence-corrected chi connectivity index (χ0v) is 26.7. The fourth-order valence-electron chi connectivity index (χ4n) is 7.96. The zero-order chi connectivity index (χ0) is 32.8. The van der Waals surface area contributed by atoms with Gasteiger partial charge in [0.2, 0.25) is 0 Å². The Bertz CT molecular complexity index is 2880. The molecule has 0 spiro atoms. The second-order valence-electron chi connectivity index (χ2n) is 12.5. The van der Waals surface area contributed by atoms with Gasteiger partial charge in [0.25, 0.3) is 0 Å². The number of nitrogens with zero attached hydrogens (tertiary/aromatic N) is 7. The lowest BCUT2D eigenvalue weighted by Crippen LogP contribution is -2.08. The van der Waals surface area contributed by atoms with Crippen molar-refractivity contribution in [3.8, 4) is 23.3 Å². The molecule has 0 saturated heterocycles. The molecule has 0 aliphatic heterocycles. The molecule has 0 amide bonds. The van der Waals surface area contributed by atoms with Crippen molar-refractivity contribution in [2.75, 3.05) is 0 Å². The molecule has 7 aromatic heterocycles. The Balaban J connectivity index is 1.27. The van der Waals surface area contributed by atoms with Crippen molar-refractivity contribution in [2.24, 2.45) is 0 Å². The van der Waals surface area contributed by atoms with Gasteiger partial charge in [-0.1, -0.05) is 91.0 Å². The van der Waals surface area contributed by atoms with E-state index in [-0.39, 0.29) is 0 Å². The first-order chi connectivity index (χ1) is 24.9. The third-order valence-corrected chi connectivity index (χ3v) is 9.89. The average Bonchev–Trinajstić information content (AvgIpc) is 3.90. The molecule has 0 saturated carbocycles. The molecule has 0 radical (unpaired) electrons. The van der Waals surface area contributed by atoms with Crippen molar-refractivity contribution in [2.45, 2.75) is 0 Å². The fraction of sp³-hybridized carbons (Fsp3) is 0. The minimum absolute atomic E-state index is 0.820.